The van der Waals surface area contributed by atoms with Crippen molar-refractivity contribution in [2.24, 2.45) is 0 Å². The highest BCUT2D eigenvalue weighted by atomic mass is 32.2. The van der Waals surface area contributed by atoms with E-state index in [1.54, 1.807) is 121 Å². The number of aliphatic hydroxyl groups excluding tert-OH is 2. The fourth-order valence-corrected chi connectivity index (χ4v) is 8.58. The molecule has 1 aliphatic heterocycles. The van der Waals surface area contributed by atoms with E-state index in [1.165, 1.54) is 0 Å². The van der Waals surface area contributed by atoms with Crippen LogP contribution in [0, 0.1) is 0 Å². The van der Waals surface area contributed by atoms with Gasteiger partial charge in [-0.05, 0) is 22.3 Å². The molecule has 0 radical (unpaired) electrons. The molecule has 4 nitrogen and oxygen atoms in total. The fourth-order valence-electron chi connectivity index (χ4n) is 5.40. The first-order chi connectivity index (χ1) is 16.0. The van der Waals surface area contributed by atoms with Crippen molar-refractivity contribution in [3.05, 3.63) is 144 Å². The molecule has 33 heavy (non-hydrogen) atoms. The molecule has 1 aliphatic rings. The summed E-state index contributed by atoms with van der Waals surface area (Å²) >= 11 is 0. The highest BCUT2D eigenvalue weighted by Crippen LogP contribution is 2.60. The normalized spacial score (nSPS) is 22.6. The molecule has 0 unspecified atom stereocenters. The molecule has 2 N–H and O–H groups in total. The average molecular weight is 457 g/mol. The van der Waals surface area contributed by atoms with Gasteiger partial charge in [0.15, 0.2) is 19.3 Å². The van der Waals surface area contributed by atoms with Crippen molar-refractivity contribution in [1.82, 2.24) is 0 Å². The van der Waals surface area contributed by atoms with Crippen molar-refractivity contribution in [2.75, 3.05) is 0 Å². The second kappa shape index (κ2) is 7.96. The Morgan fingerprint density at radius 1 is 0.455 bits per heavy atom. The van der Waals surface area contributed by atoms with Gasteiger partial charge in [-0.3, -0.25) is 0 Å². The highest BCUT2D eigenvalue weighted by Gasteiger charge is 2.74. The molecule has 0 saturated carbocycles. The van der Waals surface area contributed by atoms with Gasteiger partial charge < -0.3 is 10.2 Å². The summed E-state index contributed by atoms with van der Waals surface area (Å²) in [4.78, 5) is 0. The van der Waals surface area contributed by atoms with E-state index in [4.69, 9.17) is 0 Å². The summed E-state index contributed by atoms with van der Waals surface area (Å²) in [7, 11) is -4.36. The van der Waals surface area contributed by atoms with E-state index in [0.717, 1.165) is 0 Å². The topological polar surface area (TPSA) is 74.6 Å². The minimum absolute atomic E-state index is 0.413. The number of sulfone groups is 1. The SMILES string of the molecule is O=S1(=O)C(c2ccccc2)(c2ccccc2)[C@H](O)[C@@H](O)C1(c1ccccc1)c1ccccc1. The molecule has 5 rings (SSSR count). The van der Waals surface area contributed by atoms with Crippen molar-refractivity contribution < 1.29 is 18.6 Å². The molecule has 2 atom stereocenters. The Morgan fingerprint density at radius 2 is 0.667 bits per heavy atom. The number of hydrogen-bond acceptors (Lipinski definition) is 4. The molecule has 5 heteroatoms. The first-order valence-corrected chi connectivity index (χ1v) is 12.3. The van der Waals surface area contributed by atoms with Gasteiger partial charge in [0.25, 0.3) is 0 Å². The van der Waals surface area contributed by atoms with Gasteiger partial charge in [0.05, 0.1) is 0 Å². The maximum absolute atomic E-state index is 15.0. The Kier molecular flexibility index (Phi) is 5.20. The Morgan fingerprint density at radius 3 is 0.879 bits per heavy atom. The molecule has 4 aromatic carbocycles. The Balaban J connectivity index is 1.96. The summed E-state index contributed by atoms with van der Waals surface area (Å²) in [5.41, 5.74) is 1.65. The minimum atomic E-state index is -4.36. The Labute approximate surface area is 193 Å². The second-order valence-electron chi connectivity index (χ2n) is 8.33. The third kappa shape index (κ3) is 2.73. The zero-order chi connectivity index (χ0) is 23.1. The van der Waals surface area contributed by atoms with E-state index in [9.17, 15) is 10.2 Å². The maximum atomic E-state index is 15.0. The highest BCUT2D eigenvalue weighted by molar-refractivity contribution is 7.94. The zero-order valence-corrected chi connectivity index (χ0v) is 18.6. The summed E-state index contributed by atoms with van der Waals surface area (Å²) in [5.74, 6) is 0. The molecule has 0 bridgehead atoms. The lowest BCUT2D eigenvalue weighted by Gasteiger charge is -2.36. The minimum Gasteiger partial charge on any atom is -0.388 e. The third-order valence-electron chi connectivity index (χ3n) is 6.79. The quantitative estimate of drug-likeness (QED) is 0.486. The van der Waals surface area contributed by atoms with Gasteiger partial charge in [0.1, 0.15) is 12.2 Å². The number of benzene rings is 4. The van der Waals surface area contributed by atoms with Gasteiger partial charge in [-0.2, -0.15) is 0 Å². The van der Waals surface area contributed by atoms with Crippen LogP contribution in [0.25, 0.3) is 0 Å². The van der Waals surface area contributed by atoms with E-state index < -0.39 is 31.5 Å². The summed E-state index contributed by atoms with van der Waals surface area (Å²) in [5, 5.41) is 23.6. The van der Waals surface area contributed by atoms with E-state index in [2.05, 4.69) is 0 Å². The van der Waals surface area contributed by atoms with Crippen LogP contribution in [0.15, 0.2) is 121 Å². The summed E-state index contributed by atoms with van der Waals surface area (Å²) in [6.45, 7) is 0. The lowest BCUT2D eigenvalue weighted by Crippen LogP contribution is -2.46. The predicted octanol–water partition coefficient (Wildman–Crippen LogP) is 4.02. The van der Waals surface area contributed by atoms with Crippen molar-refractivity contribution in [2.45, 2.75) is 21.7 Å². The molecular formula is C28H24O4S. The first kappa shape index (κ1) is 21.6. The summed E-state index contributed by atoms with van der Waals surface area (Å²) in [6, 6.07) is 34.8. The summed E-state index contributed by atoms with van der Waals surface area (Å²) < 4.78 is 26.3. The van der Waals surface area contributed by atoms with Gasteiger partial charge in [-0.25, -0.2) is 8.42 Å². The third-order valence-corrected chi connectivity index (χ3v) is 9.91. The lowest BCUT2D eigenvalue weighted by atomic mass is 9.77. The molecule has 0 aromatic heterocycles. The van der Waals surface area contributed by atoms with Gasteiger partial charge in [0, 0.05) is 0 Å². The molecule has 1 fully saturated rings. The van der Waals surface area contributed by atoms with Crippen molar-refractivity contribution in [1.29, 1.82) is 0 Å². The molecule has 0 spiro atoms. The smallest absolute Gasteiger partial charge is 0.183 e. The molecule has 0 amide bonds. The van der Waals surface area contributed by atoms with Gasteiger partial charge in [-0.15, -0.1) is 0 Å². The van der Waals surface area contributed by atoms with Crippen LogP contribution < -0.4 is 0 Å². The van der Waals surface area contributed by atoms with Gasteiger partial charge >= 0.3 is 0 Å². The van der Waals surface area contributed by atoms with E-state index in [0.29, 0.717) is 22.3 Å². The number of hydrogen-bond donors (Lipinski definition) is 2. The standard InChI is InChI=1S/C28H24O4S/c29-25-26(30)28(23-17-9-3-10-18-23,24-19-11-4-12-20-24)33(31,32)27(25,21-13-5-1-6-14-21)22-15-7-2-8-16-22/h1-20,25-26,29-30H/t25-,26-/m1/s1. The van der Waals surface area contributed by atoms with E-state index in [1.807, 2.05) is 0 Å². The van der Waals surface area contributed by atoms with Crippen LogP contribution in [-0.4, -0.2) is 30.8 Å². The predicted molar refractivity (Wildman–Crippen MR) is 128 cm³/mol. The molecule has 1 saturated heterocycles. The van der Waals surface area contributed by atoms with Crippen LogP contribution in [0.3, 0.4) is 0 Å². The van der Waals surface area contributed by atoms with E-state index in [-0.39, 0.29) is 0 Å². The summed E-state index contributed by atoms with van der Waals surface area (Å²) in [6.07, 6.45) is -3.24. The first-order valence-electron chi connectivity index (χ1n) is 10.8. The molecular weight excluding hydrogens is 432 g/mol. The number of aliphatic hydroxyl groups is 2. The monoisotopic (exact) mass is 456 g/mol. The van der Waals surface area contributed by atoms with Crippen LogP contribution in [0.1, 0.15) is 22.3 Å². The molecule has 1 heterocycles. The van der Waals surface area contributed by atoms with E-state index >= 15 is 8.42 Å². The Bertz CT molecular complexity index is 1160. The average Bonchev–Trinajstić information content (AvgIpc) is 3.01. The van der Waals surface area contributed by atoms with Crippen LogP contribution in [-0.2, 0) is 19.3 Å². The van der Waals surface area contributed by atoms with Crippen molar-refractivity contribution in [3.63, 3.8) is 0 Å². The molecule has 0 aliphatic carbocycles. The van der Waals surface area contributed by atoms with Crippen LogP contribution in [0.2, 0.25) is 0 Å². The lowest BCUT2D eigenvalue weighted by molar-refractivity contribution is 0.0000974. The van der Waals surface area contributed by atoms with Gasteiger partial charge in [-0.1, -0.05) is 121 Å². The van der Waals surface area contributed by atoms with Crippen LogP contribution in [0.4, 0.5) is 0 Å². The zero-order valence-electron chi connectivity index (χ0n) is 17.8. The largest absolute Gasteiger partial charge is 0.388 e. The Hall–Kier alpha value is -3.25. The van der Waals surface area contributed by atoms with Crippen LogP contribution in [0.5, 0.6) is 0 Å². The molecule has 166 valence electrons. The maximum Gasteiger partial charge on any atom is 0.183 e. The van der Waals surface area contributed by atoms with Crippen molar-refractivity contribution in [3.8, 4) is 0 Å². The van der Waals surface area contributed by atoms with Crippen LogP contribution >= 0.6 is 0 Å². The number of rotatable bonds is 4. The second-order valence-corrected chi connectivity index (χ2v) is 10.6. The fraction of sp³-hybridized carbons (Fsp3) is 0.143. The molecule has 4 aromatic rings. The van der Waals surface area contributed by atoms with Crippen molar-refractivity contribution >= 4 is 9.84 Å². The van der Waals surface area contributed by atoms with Gasteiger partial charge in [0.2, 0.25) is 0 Å².